The molecule has 1 N–H and O–H groups in total. The zero-order valence-electron chi connectivity index (χ0n) is 24.8. The van der Waals surface area contributed by atoms with Gasteiger partial charge in [0.1, 0.15) is 17.7 Å². The highest BCUT2D eigenvalue weighted by atomic mass is 32.2. The number of hydrogen-bond donors (Lipinski definition) is 1. The molecule has 0 amide bonds. The Labute approximate surface area is 238 Å². The molecule has 4 rings (SSSR count). The zero-order valence-corrected chi connectivity index (χ0v) is 25.6. The molecule has 3 aromatic rings. The van der Waals surface area contributed by atoms with Gasteiger partial charge in [-0.2, -0.15) is 4.31 Å². The zero-order chi connectivity index (χ0) is 29.4. The Kier molecular flexibility index (Phi) is 8.82. The third-order valence-corrected chi connectivity index (χ3v) is 10.5. The topological polar surface area (TPSA) is 105 Å². The Bertz CT molecular complexity index is 1500. The molecular formula is C30H41N5O4S. The number of carbonyl (C=O) groups excluding carboxylic acids is 1. The summed E-state index contributed by atoms with van der Waals surface area (Å²) in [5.74, 6) is 0.845. The molecule has 1 saturated heterocycles. The molecule has 1 aliphatic rings. The fourth-order valence-corrected chi connectivity index (χ4v) is 7.37. The van der Waals surface area contributed by atoms with E-state index in [0.29, 0.717) is 49.3 Å². The fourth-order valence-electron chi connectivity index (χ4n) is 5.39. The second-order valence-corrected chi connectivity index (χ2v) is 12.9. The largest absolute Gasteiger partial charge is 0.467 e. The van der Waals surface area contributed by atoms with Crippen LogP contribution in [0.15, 0.2) is 29.2 Å². The number of hydrogen-bond acceptors (Lipinski definition) is 8. The summed E-state index contributed by atoms with van der Waals surface area (Å²) in [6, 6.07) is 7.14. The van der Waals surface area contributed by atoms with Gasteiger partial charge in [0, 0.05) is 31.6 Å². The van der Waals surface area contributed by atoms with Gasteiger partial charge < -0.3 is 10.1 Å². The number of anilines is 1. The highest BCUT2D eigenvalue weighted by molar-refractivity contribution is 7.89. The molecule has 0 aliphatic carbocycles. The molecule has 40 heavy (non-hydrogen) atoms. The SMILES string of the molecule is COC(=O)[C@@H](Nc1nc(CN2CCN(S(=O)(=O)c3c(C)c(C)c(C)c(C)c3C)CC2)nc2ccccc12)C(C)C. The Morgan fingerprint density at radius 1 is 0.925 bits per heavy atom. The maximum Gasteiger partial charge on any atom is 0.328 e. The first-order chi connectivity index (χ1) is 18.9. The van der Waals surface area contributed by atoms with Crippen molar-refractivity contribution in [1.29, 1.82) is 0 Å². The maximum absolute atomic E-state index is 13.8. The first-order valence-corrected chi connectivity index (χ1v) is 15.2. The lowest BCUT2D eigenvalue weighted by molar-refractivity contribution is -0.142. The van der Waals surface area contributed by atoms with E-state index < -0.39 is 16.1 Å². The van der Waals surface area contributed by atoms with Crippen molar-refractivity contribution in [3.8, 4) is 0 Å². The normalized spacial score (nSPS) is 15.9. The molecule has 0 spiro atoms. The molecule has 216 valence electrons. The van der Waals surface area contributed by atoms with E-state index in [0.717, 1.165) is 38.7 Å². The van der Waals surface area contributed by atoms with E-state index in [1.165, 1.54) is 7.11 Å². The van der Waals surface area contributed by atoms with Crippen molar-refractivity contribution in [2.75, 3.05) is 38.6 Å². The van der Waals surface area contributed by atoms with Gasteiger partial charge in [0.25, 0.3) is 0 Å². The Morgan fingerprint density at radius 2 is 1.50 bits per heavy atom. The van der Waals surface area contributed by atoms with Crippen molar-refractivity contribution in [2.45, 2.75) is 65.9 Å². The fraction of sp³-hybridized carbons (Fsp3) is 0.500. The first-order valence-electron chi connectivity index (χ1n) is 13.8. The summed E-state index contributed by atoms with van der Waals surface area (Å²) in [7, 11) is -2.25. The number of aromatic nitrogens is 2. The van der Waals surface area contributed by atoms with E-state index in [9.17, 15) is 13.2 Å². The number of carbonyl (C=O) groups is 1. The number of methoxy groups -OCH3 is 1. The molecule has 0 unspecified atom stereocenters. The predicted octanol–water partition coefficient (Wildman–Crippen LogP) is 4.29. The number of para-hydroxylation sites is 1. The van der Waals surface area contributed by atoms with Crippen molar-refractivity contribution >= 4 is 32.7 Å². The number of piperazine rings is 1. The van der Waals surface area contributed by atoms with Crippen LogP contribution in [0.4, 0.5) is 5.82 Å². The molecule has 1 aliphatic heterocycles. The maximum atomic E-state index is 13.8. The van der Waals surface area contributed by atoms with Crippen LogP contribution in [0.3, 0.4) is 0 Å². The second kappa shape index (κ2) is 11.8. The standard InChI is InChI=1S/C30H41N5O4S/c1-18(2)27(30(36)39-8)33-29-24-11-9-10-12-25(24)31-26(32-29)17-34-13-15-35(16-14-34)40(37,38)28-22(6)20(4)19(3)21(5)23(28)7/h9-12,18,27H,13-17H2,1-8H3,(H,31,32,33)/t27-/m0/s1. The first kappa shape index (κ1) is 29.9. The third kappa shape index (κ3) is 5.70. The van der Waals surface area contributed by atoms with E-state index in [2.05, 4.69) is 10.2 Å². The van der Waals surface area contributed by atoms with Gasteiger partial charge in [-0.25, -0.2) is 23.2 Å². The van der Waals surface area contributed by atoms with Crippen LogP contribution in [0.1, 0.15) is 47.5 Å². The second-order valence-electron chi connectivity index (χ2n) is 11.0. The molecular weight excluding hydrogens is 526 g/mol. The van der Waals surface area contributed by atoms with Crippen molar-refractivity contribution < 1.29 is 17.9 Å². The Morgan fingerprint density at radius 3 is 2.08 bits per heavy atom. The summed E-state index contributed by atoms with van der Waals surface area (Å²) in [5, 5.41) is 4.11. The van der Waals surface area contributed by atoms with Crippen molar-refractivity contribution in [3.63, 3.8) is 0 Å². The van der Waals surface area contributed by atoms with Crippen LogP contribution in [0.2, 0.25) is 0 Å². The van der Waals surface area contributed by atoms with Gasteiger partial charge in [-0.1, -0.05) is 26.0 Å². The van der Waals surface area contributed by atoms with Crippen LogP contribution in [-0.2, 0) is 26.1 Å². The molecule has 0 bridgehead atoms. The summed E-state index contributed by atoms with van der Waals surface area (Å²) < 4.78 is 34.2. The monoisotopic (exact) mass is 567 g/mol. The quantitative estimate of drug-likeness (QED) is 0.402. The highest BCUT2D eigenvalue weighted by Gasteiger charge is 2.33. The van der Waals surface area contributed by atoms with Crippen LogP contribution in [0.25, 0.3) is 10.9 Å². The molecule has 0 radical (unpaired) electrons. The molecule has 2 heterocycles. The van der Waals surface area contributed by atoms with Crippen LogP contribution in [0.5, 0.6) is 0 Å². The molecule has 1 fully saturated rings. The number of sulfonamides is 1. The Hall–Kier alpha value is -3.08. The minimum absolute atomic E-state index is 0.00645. The number of ether oxygens (including phenoxy) is 1. The average molecular weight is 568 g/mol. The highest BCUT2D eigenvalue weighted by Crippen LogP contribution is 2.32. The molecule has 1 atom stereocenters. The van der Waals surface area contributed by atoms with Crippen molar-refractivity contribution in [3.05, 3.63) is 57.9 Å². The lowest BCUT2D eigenvalue weighted by Gasteiger charge is -2.34. The van der Waals surface area contributed by atoms with Crippen LogP contribution in [-0.4, -0.2) is 72.9 Å². The average Bonchev–Trinajstić information content (AvgIpc) is 2.93. The lowest BCUT2D eigenvalue weighted by Crippen LogP contribution is -2.48. The van der Waals surface area contributed by atoms with Crippen molar-refractivity contribution in [2.24, 2.45) is 5.92 Å². The number of rotatable bonds is 8. The molecule has 10 heteroatoms. The minimum Gasteiger partial charge on any atom is -0.467 e. The Balaban J connectivity index is 1.54. The van der Waals surface area contributed by atoms with Gasteiger partial charge in [0.05, 0.1) is 24.1 Å². The molecule has 0 saturated carbocycles. The number of benzene rings is 2. The summed E-state index contributed by atoms with van der Waals surface area (Å²) in [4.78, 5) is 24.6. The predicted molar refractivity (Wildman–Crippen MR) is 158 cm³/mol. The van der Waals surface area contributed by atoms with Crippen LogP contribution >= 0.6 is 0 Å². The van der Waals surface area contributed by atoms with Crippen LogP contribution < -0.4 is 5.32 Å². The van der Waals surface area contributed by atoms with Gasteiger partial charge in [-0.15, -0.1) is 0 Å². The number of nitrogens with zero attached hydrogens (tertiary/aromatic N) is 4. The summed E-state index contributed by atoms with van der Waals surface area (Å²) in [6.45, 7) is 16.1. The van der Waals surface area contributed by atoms with E-state index in [4.69, 9.17) is 14.7 Å². The lowest BCUT2D eigenvalue weighted by atomic mass is 9.95. The van der Waals surface area contributed by atoms with Crippen LogP contribution in [0, 0.1) is 40.5 Å². The van der Waals surface area contributed by atoms with Gasteiger partial charge in [-0.3, -0.25) is 4.90 Å². The van der Waals surface area contributed by atoms with E-state index in [1.54, 1.807) is 4.31 Å². The molecule has 2 aromatic carbocycles. The minimum atomic E-state index is -3.63. The number of esters is 1. The van der Waals surface area contributed by atoms with E-state index in [-0.39, 0.29) is 11.9 Å². The summed E-state index contributed by atoms with van der Waals surface area (Å²) >= 11 is 0. The summed E-state index contributed by atoms with van der Waals surface area (Å²) in [6.07, 6.45) is 0. The molecule has 1 aromatic heterocycles. The van der Waals surface area contributed by atoms with Crippen molar-refractivity contribution in [1.82, 2.24) is 19.2 Å². The van der Waals surface area contributed by atoms with Gasteiger partial charge in [0.15, 0.2) is 0 Å². The third-order valence-electron chi connectivity index (χ3n) is 8.29. The van der Waals surface area contributed by atoms with Gasteiger partial charge >= 0.3 is 5.97 Å². The van der Waals surface area contributed by atoms with Gasteiger partial charge in [0.2, 0.25) is 10.0 Å². The van der Waals surface area contributed by atoms with Gasteiger partial charge in [-0.05, 0) is 80.5 Å². The molecule has 9 nitrogen and oxygen atoms in total. The number of fused-ring (bicyclic) bond motifs is 1. The number of nitrogens with one attached hydrogen (secondary N) is 1. The smallest absolute Gasteiger partial charge is 0.328 e. The van der Waals surface area contributed by atoms with E-state index >= 15 is 0 Å². The summed E-state index contributed by atoms with van der Waals surface area (Å²) in [5.41, 5.74) is 5.66. The van der Waals surface area contributed by atoms with E-state index in [1.807, 2.05) is 72.7 Å².